The van der Waals surface area contributed by atoms with E-state index < -0.39 is 12.1 Å². The van der Waals surface area contributed by atoms with E-state index in [2.05, 4.69) is 36.0 Å². The summed E-state index contributed by atoms with van der Waals surface area (Å²) in [4.78, 5) is 25.5. The van der Waals surface area contributed by atoms with E-state index in [0.717, 1.165) is 23.7 Å². The molecule has 5 N–H and O–H groups in total. The van der Waals surface area contributed by atoms with Crippen LogP contribution in [0.5, 0.6) is 0 Å². The molecule has 0 saturated heterocycles. The molecule has 2 rings (SSSR count). The smallest absolute Gasteiger partial charge is 0.253 e. The van der Waals surface area contributed by atoms with Crippen molar-refractivity contribution in [2.45, 2.75) is 85.1 Å². The highest BCUT2D eigenvalue weighted by molar-refractivity contribution is 6.07. The first-order chi connectivity index (χ1) is 17.6. The van der Waals surface area contributed by atoms with Gasteiger partial charge in [0, 0.05) is 55.8 Å². The first-order valence-electron chi connectivity index (χ1n) is 13.7. The normalized spacial score (nSPS) is 15.8. The fourth-order valence-corrected chi connectivity index (χ4v) is 4.55. The van der Waals surface area contributed by atoms with E-state index in [1.54, 1.807) is 7.11 Å². The van der Waals surface area contributed by atoms with E-state index >= 15 is 0 Å². The van der Waals surface area contributed by atoms with Gasteiger partial charge >= 0.3 is 0 Å². The highest BCUT2D eigenvalue weighted by Crippen LogP contribution is 2.23. The summed E-state index contributed by atoms with van der Waals surface area (Å²) in [5, 5.41) is 17.6. The first kappa shape index (κ1) is 30.8. The number of carbonyl (C=O) groups excluding carboxylic acids is 2. The summed E-state index contributed by atoms with van der Waals surface area (Å²) >= 11 is 0. The van der Waals surface area contributed by atoms with Crippen molar-refractivity contribution in [2.75, 3.05) is 20.2 Å². The van der Waals surface area contributed by atoms with E-state index in [1.807, 2.05) is 44.3 Å². The van der Waals surface area contributed by atoms with E-state index in [4.69, 9.17) is 10.5 Å². The number of methoxy groups -OCH3 is 1. The van der Waals surface area contributed by atoms with E-state index in [0.29, 0.717) is 38.0 Å². The van der Waals surface area contributed by atoms with Gasteiger partial charge in [0.15, 0.2) is 0 Å². The van der Waals surface area contributed by atoms with Gasteiger partial charge in [0.2, 0.25) is 5.91 Å². The number of unbranched alkanes of at least 4 members (excludes halogenated alkanes) is 1. The van der Waals surface area contributed by atoms with E-state index in [1.165, 1.54) is 0 Å². The molecule has 1 unspecified atom stereocenters. The van der Waals surface area contributed by atoms with E-state index in [-0.39, 0.29) is 35.7 Å². The average molecular weight is 517 g/mol. The molecule has 1 aromatic carbocycles. The monoisotopic (exact) mass is 516 g/mol. The fraction of sp³-hybridized carbons (Fsp3) is 0.655. The number of fused-ring (bicyclic) bond motifs is 1. The second kappa shape index (κ2) is 15.1. The highest BCUT2D eigenvalue weighted by Gasteiger charge is 2.26. The summed E-state index contributed by atoms with van der Waals surface area (Å²) in [5.74, 6) is -0.141. The molecule has 8 nitrogen and oxygen atoms in total. The van der Waals surface area contributed by atoms with Crippen LogP contribution < -0.4 is 16.4 Å². The molecule has 5 atom stereocenters. The van der Waals surface area contributed by atoms with Crippen molar-refractivity contribution in [2.24, 2.45) is 23.5 Å². The van der Waals surface area contributed by atoms with Crippen molar-refractivity contribution in [1.29, 1.82) is 0 Å². The maximum Gasteiger partial charge on any atom is 0.253 e. The molecule has 1 aromatic heterocycles. The third-order valence-corrected chi connectivity index (χ3v) is 7.30. The maximum absolute atomic E-state index is 13.2. The molecular formula is C29H48N4O4. The summed E-state index contributed by atoms with van der Waals surface area (Å²) < 4.78 is 7.48. The van der Waals surface area contributed by atoms with Gasteiger partial charge in [-0.2, -0.15) is 0 Å². The molecule has 0 aliphatic heterocycles. The van der Waals surface area contributed by atoms with Crippen LogP contribution in [0, 0.1) is 17.8 Å². The predicted molar refractivity (Wildman–Crippen MR) is 149 cm³/mol. The second-order valence-electron chi connectivity index (χ2n) is 10.7. The van der Waals surface area contributed by atoms with Crippen molar-refractivity contribution < 1.29 is 19.4 Å². The number of amides is 2. The highest BCUT2D eigenvalue weighted by atomic mass is 16.5. The summed E-state index contributed by atoms with van der Waals surface area (Å²) in [6, 6.07) is 7.40. The number of aliphatic hydroxyl groups excluding tert-OH is 1. The molecule has 1 heterocycles. The minimum Gasteiger partial charge on any atom is -0.391 e. The lowest BCUT2D eigenvalue weighted by molar-refractivity contribution is -0.125. The van der Waals surface area contributed by atoms with Gasteiger partial charge in [-0.3, -0.25) is 9.59 Å². The quantitative estimate of drug-likeness (QED) is 0.254. The number of nitrogens with one attached hydrogen (secondary N) is 2. The van der Waals surface area contributed by atoms with Crippen LogP contribution in [-0.2, 0) is 16.1 Å². The molecule has 37 heavy (non-hydrogen) atoms. The first-order valence-corrected chi connectivity index (χ1v) is 13.7. The predicted octanol–water partition coefficient (Wildman–Crippen LogP) is 3.70. The molecule has 0 bridgehead atoms. The van der Waals surface area contributed by atoms with E-state index in [9.17, 15) is 14.7 Å². The number of rotatable bonds is 16. The topological polar surface area (TPSA) is 119 Å². The Morgan fingerprint density at radius 1 is 1.11 bits per heavy atom. The molecule has 208 valence electrons. The third kappa shape index (κ3) is 9.13. The Bertz CT molecular complexity index is 989. The number of ether oxygens (including phenoxy) is 1. The van der Waals surface area contributed by atoms with Gasteiger partial charge in [0.1, 0.15) is 0 Å². The van der Waals surface area contributed by atoms with Crippen LogP contribution in [0.25, 0.3) is 10.9 Å². The van der Waals surface area contributed by atoms with Crippen molar-refractivity contribution in [3.05, 3.63) is 36.0 Å². The summed E-state index contributed by atoms with van der Waals surface area (Å²) in [5.41, 5.74) is 8.00. The Kier molecular flexibility index (Phi) is 12.6. The van der Waals surface area contributed by atoms with Crippen molar-refractivity contribution >= 4 is 22.7 Å². The van der Waals surface area contributed by atoms with Gasteiger partial charge < -0.3 is 30.8 Å². The Balaban J connectivity index is 1.99. The Morgan fingerprint density at radius 2 is 1.81 bits per heavy atom. The zero-order valence-corrected chi connectivity index (χ0v) is 23.5. The lowest BCUT2D eigenvalue weighted by Crippen LogP contribution is -2.42. The van der Waals surface area contributed by atoms with Crippen molar-refractivity contribution in [1.82, 2.24) is 15.2 Å². The number of carbonyl (C=O) groups is 2. The molecule has 8 heteroatoms. The Morgan fingerprint density at radius 3 is 2.46 bits per heavy atom. The van der Waals surface area contributed by atoms with Gasteiger partial charge in [-0.25, -0.2) is 0 Å². The molecule has 2 amide bonds. The lowest BCUT2D eigenvalue weighted by Gasteiger charge is -2.28. The number of benzene rings is 1. The van der Waals surface area contributed by atoms with Crippen LogP contribution in [0.2, 0.25) is 0 Å². The summed E-state index contributed by atoms with van der Waals surface area (Å²) in [6.07, 6.45) is 3.95. The van der Waals surface area contributed by atoms with Crippen LogP contribution >= 0.6 is 0 Å². The Hall–Kier alpha value is -2.42. The van der Waals surface area contributed by atoms with Gasteiger partial charge in [-0.1, -0.05) is 52.3 Å². The number of nitrogens with zero attached hydrogens (tertiary/aromatic N) is 1. The van der Waals surface area contributed by atoms with Crippen molar-refractivity contribution in [3.8, 4) is 0 Å². The summed E-state index contributed by atoms with van der Waals surface area (Å²) in [6.45, 7) is 11.9. The number of aliphatic hydroxyl groups is 1. The number of hydrogen-bond donors (Lipinski definition) is 4. The van der Waals surface area contributed by atoms with Gasteiger partial charge in [-0.15, -0.1) is 0 Å². The Labute approximate surface area is 222 Å². The van der Waals surface area contributed by atoms with Crippen LogP contribution in [-0.4, -0.2) is 59.9 Å². The van der Waals surface area contributed by atoms with Gasteiger partial charge in [-0.05, 0) is 44.1 Å². The standard InChI is InChI=1S/C29H48N4O4/c1-7-8-13-31-28(35)20(4)14-27(34)25(30)15-22(19(2)3)16-32-29(36)24-18-33(17-21(5)37-6)26-12-10-9-11-23(24)26/h9-12,18-22,25,27,34H,7-8,13-17,30H2,1-6H3,(H,31,35)(H,32,36)/t20-,21?,22+,25+,27+/m1/s1. The van der Waals surface area contributed by atoms with Gasteiger partial charge in [0.05, 0.1) is 17.8 Å². The molecule has 0 aliphatic carbocycles. The fourth-order valence-electron chi connectivity index (χ4n) is 4.55. The lowest BCUT2D eigenvalue weighted by atomic mass is 9.86. The summed E-state index contributed by atoms with van der Waals surface area (Å²) in [7, 11) is 1.68. The number of hydrogen-bond acceptors (Lipinski definition) is 5. The molecular weight excluding hydrogens is 468 g/mol. The SMILES string of the molecule is CCCCNC(=O)[C@H](C)C[C@H](O)[C@@H](N)C[C@@H](CNC(=O)c1cn(CC(C)OC)c2ccccc12)C(C)C. The zero-order valence-electron chi connectivity index (χ0n) is 23.5. The molecule has 0 spiro atoms. The second-order valence-corrected chi connectivity index (χ2v) is 10.7. The molecule has 0 radical (unpaired) electrons. The molecule has 0 saturated carbocycles. The maximum atomic E-state index is 13.2. The molecule has 2 aromatic rings. The number of aromatic nitrogens is 1. The molecule has 0 aliphatic rings. The third-order valence-electron chi connectivity index (χ3n) is 7.30. The van der Waals surface area contributed by atoms with Gasteiger partial charge in [0.25, 0.3) is 5.91 Å². The zero-order chi connectivity index (χ0) is 27.5. The van der Waals surface area contributed by atoms with Crippen LogP contribution in [0.3, 0.4) is 0 Å². The van der Waals surface area contributed by atoms with Crippen LogP contribution in [0.1, 0.15) is 70.7 Å². The average Bonchev–Trinajstić information content (AvgIpc) is 3.24. The number of para-hydroxylation sites is 1. The van der Waals surface area contributed by atoms with Crippen LogP contribution in [0.15, 0.2) is 30.5 Å². The number of nitrogens with two attached hydrogens (primary N) is 1. The minimum absolute atomic E-state index is 0.0232. The van der Waals surface area contributed by atoms with Crippen LogP contribution in [0.4, 0.5) is 0 Å². The minimum atomic E-state index is -0.787. The molecule has 0 fully saturated rings. The van der Waals surface area contributed by atoms with Crippen molar-refractivity contribution in [3.63, 3.8) is 0 Å². The largest absolute Gasteiger partial charge is 0.391 e.